The molecule has 3 aromatic rings. The third kappa shape index (κ3) is 2.54. The van der Waals surface area contributed by atoms with E-state index in [9.17, 15) is 0 Å². The summed E-state index contributed by atoms with van der Waals surface area (Å²) in [5, 5.41) is 7.60. The number of anilines is 1. The third-order valence-electron chi connectivity index (χ3n) is 5.74. The van der Waals surface area contributed by atoms with Crippen LogP contribution in [0, 0.1) is 0 Å². The van der Waals surface area contributed by atoms with Gasteiger partial charge in [-0.2, -0.15) is 5.10 Å². The van der Waals surface area contributed by atoms with Gasteiger partial charge in [-0.25, -0.2) is 9.97 Å². The van der Waals surface area contributed by atoms with Crippen LogP contribution < -0.4 is 10.6 Å². The Hall–Kier alpha value is -2.54. The maximum absolute atomic E-state index is 6.24. The SMILES string of the molecule is CC1(N)CCN(c2cnc3c(-c4ccnc5c4CCC5)[nH]nc3n2)CC1. The van der Waals surface area contributed by atoms with E-state index in [1.165, 1.54) is 11.3 Å². The number of nitrogens with one attached hydrogen (secondary N) is 1. The van der Waals surface area contributed by atoms with Crippen LogP contribution in [-0.2, 0) is 12.8 Å². The molecule has 1 fully saturated rings. The molecule has 7 heteroatoms. The first-order valence-corrected chi connectivity index (χ1v) is 9.33. The number of rotatable bonds is 2. The molecule has 0 saturated carbocycles. The quantitative estimate of drug-likeness (QED) is 0.736. The molecule has 3 aromatic heterocycles. The highest BCUT2D eigenvalue weighted by atomic mass is 15.2. The van der Waals surface area contributed by atoms with E-state index in [0.717, 1.165) is 67.8 Å². The largest absolute Gasteiger partial charge is 0.355 e. The Morgan fingerprint density at radius 1 is 1.19 bits per heavy atom. The van der Waals surface area contributed by atoms with E-state index in [-0.39, 0.29) is 5.54 Å². The maximum Gasteiger partial charge on any atom is 0.202 e. The van der Waals surface area contributed by atoms with Crippen molar-refractivity contribution in [1.82, 2.24) is 25.1 Å². The molecule has 134 valence electrons. The number of H-pyrrole nitrogens is 1. The predicted octanol–water partition coefficient (Wildman–Crippen LogP) is 2.22. The molecule has 1 aliphatic carbocycles. The number of aromatic amines is 1. The molecule has 4 heterocycles. The molecular weight excluding hydrogens is 326 g/mol. The monoisotopic (exact) mass is 349 g/mol. The molecule has 0 atom stereocenters. The van der Waals surface area contributed by atoms with Crippen molar-refractivity contribution in [2.75, 3.05) is 18.0 Å². The molecular formula is C19H23N7. The minimum absolute atomic E-state index is 0.0741. The topological polar surface area (TPSA) is 96.6 Å². The van der Waals surface area contributed by atoms with E-state index in [2.05, 4.69) is 33.1 Å². The van der Waals surface area contributed by atoms with Crippen LogP contribution in [0.4, 0.5) is 5.82 Å². The van der Waals surface area contributed by atoms with Crippen molar-refractivity contribution in [3.63, 3.8) is 0 Å². The fraction of sp³-hybridized carbons (Fsp3) is 0.474. The molecule has 0 unspecified atom stereocenters. The van der Waals surface area contributed by atoms with E-state index >= 15 is 0 Å². The fourth-order valence-corrected chi connectivity index (χ4v) is 4.07. The standard InChI is InChI=1S/C19H23N7/c1-19(20)6-9-26(10-7-19)15-11-22-17-16(24-25-18(17)23-15)13-5-8-21-14-4-2-3-12(13)14/h5,8,11H,2-4,6-7,9-10,20H2,1H3,(H,23,24,25). The van der Waals surface area contributed by atoms with E-state index < -0.39 is 0 Å². The number of hydrogen-bond acceptors (Lipinski definition) is 6. The Morgan fingerprint density at radius 2 is 2.04 bits per heavy atom. The van der Waals surface area contributed by atoms with Gasteiger partial charge in [0.25, 0.3) is 0 Å². The number of piperidine rings is 1. The number of pyridine rings is 1. The molecule has 1 saturated heterocycles. The van der Waals surface area contributed by atoms with Crippen molar-refractivity contribution < 1.29 is 0 Å². The first-order valence-electron chi connectivity index (χ1n) is 9.33. The Balaban J connectivity index is 1.50. The molecule has 7 nitrogen and oxygen atoms in total. The van der Waals surface area contributed by atoms with Gasteiger partial charge in [0, 0.05) is 36.1 Å². The van der Waals surface area contributed by atoms with Crippen molar-refractivity contribution in [3.05, 3.63) is 29.7 Å². The number of nitrogens with two attached hydrogens (primary N) is 1. The van der Waals surface area contributed by atoms with Crippen LogP contribution >= 0.6 is 0 Å². The van der Waals surface area contributed by atoms with Gasteiger partial charge in [0.05, 0.1) is 11.9 Å². The lowest BCUT2D eigenvalue weighted by Crippen LogP contribution is -2.48. The van der Waals surface area contributed by atoms with Crippen LogP contribution in [0.2, 0.25) is 0 Å². The second-order valence-electron chi connectivity index (χ2n) is 7.78. The lowest BCUT2D eigenvalue weighted by atomic mass is 9.91. The number of aryl methyl sites for hydroxylation is 1. The number of nitrogens with zero attached hydrogens (tertiary/aromatic N) is 5. The molecule has 0 spiro atoms. The van der Waals surface area contributed by atoms with E-state index in [4.69, 9.17) is 15.7 Å². The van der Waals surface area contributed by atoms with Gasteiger partial charge < -0.3 is 10.6 Å². The van der Waals surface area contributed by atoms with E-state index in [0.29, 0.717) is 5.65 Å². The van der Waals surface area contributed by atoms with E-state index in [1.807, 2.05) is 12.4 Å². The molecule has 26 heavy (non-hydrogen) atoms. The number of aromatic nitrogens is 5. The molecule has 1 aliphatic heterocycles. The van der Waals surface area contributed by atoms with Crippen LogP contribution in [0.25, 0.3) is 22.4 Å². The van der Waals surface area contributed by atoms with Gasteiger partial charge in [-0.1, -0.05) is 0 Å². The summed E-state index contributed by atoms with van der Waals surface area (Å²) in [7, 11) is 0. The summed E-state index contributed by atoms with van der Waals surface area (Å²) < 4.78 is 0. The lowest BCUT2D eigenvalue weighted by molar-refractivity contribution is 0.363. The van der Waals surface area contributed by atoms with Gasteiger partial charge in [-0.15, -0.1) is 0 Å². The van der Waals surface area contributed by atoms with Crippen molar-refractivity contribution >= 4 is 17.0 Å². The van der Waals surface area contributed by atoms with Gasteiger partial charge in [0.15, 0.2) is 0 Å². The summed E-state index contributed by atoms with van der Waals surface area (Å²) in [6.45, 7) is 3.93. The smallest absolute Gasteiger partial charge is 0.202 e. The van der Waals surface area contributed by atoms with Gasteiger partial charge in [0.1, 0.15) is 11.3 Å². The number of fused-ring (bicyclic) bond motifs is 2. The van der Waals surface area contributed by atoms with Crippen molar-refractivity contribution in [2.24, 2.45) is 5.73 Å². The summed E-state index contributed by atoms with van der Waals surface area (Å²) in [5.41, 5.74) is 12.3. The average Bonchev–Trinajstić information content (AvgIpc) is 3.27. The zero-order chi connectivity index (χ0) is 17.7. The second kappa shape index (κ2) is 5.74. The van der Waals surface area contributed by atoms with Crippen molar-refractivity contribution in [1.29, 1.82) is 0 Å². The molecule has 0 amide bonds. The zero-order valence-corrected chi connectivity index (χ0v) is 15.0. The Kier molecular flexibility index (Phi) is 3.46. The molecule has 3 N–H and O–H groups in total. The van der Waals surface area contributed by atoms with Crippen LogP contribution in [-0.4, -0.2) is 43.8 Å². The lowest BCUT2D eigenvalue weighted by Gasteiger charge is -2.37. The van der Waals surface area contributed by atoms with Crippen LogP contribution in [0.1, 0.15) is 37.4 Å². The number of hydrogen-bond donors (Lipinski definition) is 2. The van der Waals surface area contributed by atoms with Crippen LogP contribution in [0.5, 0.6) is 0 Å². The minimum atomic E-state index is -0.0741. The second-order valence-corrected chi connectivity index (χ2v) is 7.78. The Labute approximate surface area is 152 Å². The summed E-state index contributed by atoms with van der Waals surface area (Å²) in [6.07, 6.45) is 8.95. The first kappa shape index (κ1) is 15.7. The summed E-state index contributed by atoms with van der Waals surface area (Å²) in [4.78, 5) is 16.2. The van der Waals surface area contributed by atoms with Gasteiger partial charge >= 0.3 is 0 Å². The van der Waals surface area contributed by atoms with Gasteiger partial charge in [0.2, 0.25) is 5.65 Å². The molecule has 2 aliphatic rings. The van der Waals surface area contributed by atoms with Gasteiger partial charge in [-0.3, -0.25) is 10.1 Å². The predicted molar refractivity (Wildman–Crippen MR) is 101 cm³/mol. The molecule has 0 bridgehead atoms. The van der Waals surface area contributed by atoms with Crippen LogP contribution in [0.15, 0.2) is 18.5 Å². The van der Waals surface area contributed by atoms with Crippen LogP contribution in [0.3, 0.4) is 0 Å². The molecule has 0 radical (unpaired) electrons. The molecule has 0 aromatic carbocycles. The summed E-state index contributed by atoms with van der Waals surface area (Å²) >= 11 is 0. The fourth-order valence-electron chi connectivity index (χ4n) is 4.07. The Morgan fingerprint density at radius 3 is 2.88 bits per heavy atom. The third-order valence-corrected chi connectivity index (χ3v) is 5.74. The maximum atomic E-state index is 6.24. The van der Waals surface area contributed by atoms with Gasteiger partial charge in [-0.05, 0) is 50.7 Å². The summed E-state index contributed by atoms with van der Waals surface area (Å²) in [5.74, 6) is 0.881. The zero-order valence-electron chi connectivity index (χ0n) is 15.0. The summed E-state index contributed by atoms with van der Waals surface area (Å²) in [6, 6.07) is 2.05. The highest BCUT2D eigenvalue weighted by molar-refractivity contribution is 5.89. The normalized spacial score (nSPS) is 19.1. The molecule has 5 rings (SSSR count). The average molecular weight is 349 g/mol. The van der Waals surface area contributed by atoms with Crippen molar-refractivity contribution in [2.45, 2.75) is 44.6 Å². The van der Waals surface area contributed by atoms with E-state index in [1.54, 1.807) is 0 Å². The Bertz CT molecular complexity index is 965. The highest BCUT2D eigenvalue weighted by Crippen LogP contribution is 2.33. The highest BCUT2D eigenvalue weighted by Gasteiger charge is 2.27. The first-order chi connectivity index (χ1) is 12.6. The van der Waals surface area contributed by atoms with Crippen molar-refractivity contribution in [3.8, 4) is 11.3 Å². The minimum Gasteiger partial charge on any atom is -0.355 e.